The lowest BCUT2D eigenvalue weighted by molar-refractivity contribution is 0.659. The van der Waals surface area contributed by atoms with Crippen LogP contribution in [0.2, 0.25) is 0 Å². The first-order valence-electron chi connectivity index (χ1n) is 19.3. The lowest BCUT2D eigenvalue weighted by Crippen LogP contribution is -2.34. The zero-order valence-corrected chi connectivity index (χ0v) is 30.8. The van der Waals surface area contributed by atoms with Gasteiger partial charge in [-0.2, -0.15) is 0 Å². The van der Waals surface area contributed by atoms with Crippen molar-refractivity contribution in [3.05, 3.63) is 172 Å². The molecule has 0 radical (unpaired) electrons. The number of para-hydroxylation sites is 2. The van der Waals surface area contributed by atoms with Crippen molar-refractivity contribution in [1.82, 2.24) is 9.13 Å². The van der Waals surface area contributed by atoms with Gasteiger partial charge in [-0.15, -0.1) is 0 Å². The van der Waals surface area contributed by atoms with Crippen LogP contribution in [-0.4, -0.2) is 9.13 Å². The SMILES string of the molecule is CC1C=Cc2c(n(-c3ccc4c(c3)C(C)(C)c3cc5ccccc5cc3-4)c3ccc(C4C=c5c(n(-c6ccccc6)c6ccccc56)=CC4C)cc23)C1. The summed E-state index contributed by atoms with van der Waals surface area (Å²) in [7, 11) is 0. The van der Waals surface area contributed by atoms with Gasteiger partial charge in [0.15, 0.2) is 0 Å². The van der Waals surface area contributed by atoms with Gasteiger partial charge in [0.25, 0.3) is 0 Å². The normalized spacial score (nSPS) is 19.4. The molecular formula is C51H42N2. The first-order chi connectivity index (χ1) is 25.8. The van der Waals surface area contributed by atoms with Gasteiger partial charge in [-0.05, 0) is 111 Å². The van der Waals surface area contributed by atoms with E-state index in [1.165, 1.54) is 93.6 Å². The summed E-state index contributed by atoms with van der Waals surface area (Å²) in [6.07, 6.45) is 10.9. The smallest absolute Gasteiger partial charge is 0.0540 e. The minimum Gasteiger partial charge on any atom is -0.313 e. The molecule has 2 heterocycles. The molecule has 0 amide bonds. The van der Waals surface area contributed by atoms with Gasteiger partial charge >= 0.3 is 0 Å². The minimum absolute atomic E-state index is 0.0833. The molecule has 3 atom stereocenters. The molecule has 53 heavy (non-hydrogen) atoms. The maximum atomic E-state index is 2.58. The van der Waals surface area contributed by atoms with Crippen molar-refractivity contribution in [3.8, 4) is 22.5 Å². The molecule has 0 saturated carbocycles. The number of nitrogens with zero attached hydrogens (tertiary/aromatic N) is 2. The third-order valence-corrected chi connectivity index (χ3v) is 12.7. The highest BCUT2D eigenvalue weighted by Gasteiger charge is 2.36. The predicted molar refractivity (Wildman–Crippen MR) is 224 cm³/mol. The predicted octanol–water partition coefficient (Wildman–Crippen LogP) is 11.2. The lowest BCUT2D eigenvalue weighted by atomic mass is 9.81. The minimum atomic E-state index is -0.0833. The van der Waals surface area contributed by atoms with E-state index in [-0.39, 0.29) is 11.3 Å². The lowest BCUT2D eigenvalue weighted by Gasteiger charge is -2.23. The highest BCUT2D eigenvalue weighted by molar-refractivity contribution is 5.96. The number of aromatic nitrogens is 2. The van der Waals surface area contributed by atoms with Gasteiger partial charge in [-0.1, -0.05) is 125 Å². The molecule has 2 aromatic heterocycles. The third kappa shape index (κ3) is 4.39. The zero-order chi connectivity index (χ0) is 35.6. The van der Waals surface area contributed by atoms with Crippen LogP contribution in [0.3, 0.4) is 0 Å². The van der Waals surface area contributed by atoms with E-state index in [9.17, 15) is 0 Å². The second-order valence-corrected chi connectivity index (χ2v) is 16.3. The van der Waals surface area contributed by atoms with Crippen molar-refractivity contribution in [2.24, 2.45) is 11.8 Å². The number of rotatable bonds is 3. The molecule has 0 saturated heterocycles. The maximum absolute atomic E-state index is 2.58. The van der Waals surface area contributed by atoms with Crippen LogP contribution >= 0.6 is 0 Å². The van der Waals surface area contributed by atoms with Crippen LogP contribution in [0.5, 0.6) is 0 Å². The van der Waals surface area contributed by atoms with Crippen LogP contribution in [-0.2, 0) is 11.8 Å². The van der Waals surface area contributed by atoms with Gasteiger partial charge < -0.3 is 9.13 Å². The molecule has 0 bridgehead atoms. The highest BCUT2D eigenvalue weighted by Crippen LogP contribution is 2.51. The number of hydrogen-bond donors (Lipinski definition) is 0. The molecule has 256 valence electrons. The number of fused-ring (bicyclic) bond motifs is 10. The molecule has 0 spiro atoms. The molecule has 3 aliphatic rings. The van der Waals surface area contributed by atoms with Crippen molar-refractivity contribution < 1.29 is 0 Å². The average molecular weight is 683 g/mol. The number of allylic oxidation sites excluding steroid dienone is 1. The fourth-order valence-electron chi connectivity index (χ4n) is 10.0. The van der Waals surface area contributed by atoms with E-state index in [0.29, 0.717) is 11.8 Å². The summed E-state index contributed by atoms with van der Waals surface area (Å²) in [4.78, 5) is 0. The molecule has 3 aliphatic carbocycles. The topological polar surface area (TPSA) is 9.86 Å². The van der Waals surface area contributed by atoms with Crippen LogP contribution in [0.1, 0.15) is 61.6 Å². The van der Waals surface area contributed by atoms with E-state index in [0.717, 1.165) is 6.42 Å². The van der Waals surface area contributed by atoms with Crippen molar-refractivity contribution >= 4 is 50.8 Å². The van der Waals surface area contributed by atoms with Crippen molar-refractivity contribution in [1.29, 1.82) is 0 Å². The van der Waals surface area contributed by atoms with E-state index >= 15 is 0 Å². The molecule has 0 N–H and O–H groups in total. The summed E-state index contributed by atoms with van der Waals surface area (Å²) in [5.74, 6) is 1.12. The van der Waals surface area contributed by atoms with Crippen LogP contribution in [0, 0.1) is 11.8 Å². The Morgan fingerprint density at radius 1 is 0.604 bits per heavy atom. The van der Waals surface area contributed by atoms with Gasteiger partial charge in [-0.25, -0.2) is 0 Å². The summed E-state index contributed by atoms with van der Waals surface area (Å²) in [6.45, 7) is 9.53. The van der Waals surface area contributed by atoms with Crippen LogP contribution in [0.25, 0.3) is 73.3 Å². The highest BCUT2D eigenvalue weighted by atomic mass is 15.0. The van der Waals surface area contributed by atoms with Crippen molar-refractivity contribution in [3.63, 3.8) is 0 Å². The second-order valence-electron chi connectivity index (χ2n) is 16.3. The summed E-state index contributed by atoms with van der Waals surface area (Å²) in [6, 6.07) is 47.9. The maximum Gasteiger partial charge on any atom is 0.0540 e. The third-order valence-electron chi connectivity index (χ3n) is 12.7. The van der Waals surface area contributed by atoms with Gasteiger partial charge in [0.05, 0.1) is 16.4 Å². The molecular weight excluding hydrogens is 641 g/mol. The van der Waals surface area contributed by atoms with Crippen molar-refractivity contribution in [2.75, 3.05) is 0 Å². The quantitative estimate of drug-likeness (QED) is 0.176. The van der Waals surface area contributed by atoms with E-state index < -0.39 is 0 Å². The fourth-order valence-corrected chi connectivity index (χ4v) is 10.0. The summed E-state index contributed by atoms with van der Waals surface area (Å²) >= 11 is 0. The van der Waals surface area contributed by atoms with E-state index in [2.05, 4.69) is 189 Å². The summed E-state index contributed by atoms with van der Waals surface area (Å²) in [5, 5.41) is 7.94. The summed E-state index contributed by atoms with van der Waals surface area (Å²) in [5.41, 5.74) is 14.7. The molecule has 0 fully saturated rings. The van der Waals surface area contributed by atoms with Gasteiger partial charge in [0, 0.05) is 50.0 Å². The Hall–Kier alpha value is -5.86. The Balaban J connectivity index is 1.07. The van der Waals surface area contributed by atoms with Gasteiger partial charge in [0.1, 0.15) is 0 Å². The Bertz CT molecular complexity index is 2980. The van der Waals surface area contributed by atoms with Gasteiger partial charge in [-0.3, -0.25) is 0 Å². The van der Waals surface area contributed by atoms with E-state index in [4.69, 9.17) is 0 Å². The Labute approximate surface area is 310 Å². The number of hydrogen-bond acceptors (Lipinski definition) is 0. The molecule has 2 heteroatoms. The molecule has 11 rings (SSSR count). The zero-order valence-electron chi connectivity index (χ0n) is 30.8. The first kappa shape index (κ1) is 30.7. The van der Waals surface area contributed by atoms with Crippen LogP contribution < -0.4 is 10.6 Å². The first-order valence-corrected chi connectivity index (χ1v) is 19.3. The molecule has 8 aromatic rings. The monoisotopic (exact) mass is 682 g/mol. The van der Waals surface area contributed by atoms with Crippen LogP contribution in [0.15, 0.2) is 133 Å². The van der Waals surface area contributed by atoms with Crippen LogP contribution in [0.4, 0.5) is 0 Å². The Kier molecular flexibility index (Phi) is 6.42. The second kappa shape index (κ2) is 11.1. The van der Waals surface area contributed by atoms with E-state index in [1.807, 2.05) is 0 Å². The van der Waals surface area contributed by atoms with E-state index in [1.54, 1.807) is 0 Å². The Morgan fingerprint density at radius 2 is 1.34 bits per heavy atom. The van der Waals surface area contributed by atoms with Gasteiger partial charge in [0.2, 0.25) is 0 Å². The standard InChI is InChI=1S/C51H42N2/c1-31-18-21-40-43-27-35(41-30-44-39-16-10-11-17-47(39)52(50(44)25-32(41)2)36-14-6-5-7-15-36)19-23-48(43)53(49(40)24-31)37-20-22-38-42-26-33-12-8-9-13-34(33)28-45(42)51(3,4)46(38)29-37/h5-23,25-32,41H,24H2,1-4H3. The molecule has 0 aliphatic heterocycles. The Morgan fingerprint density at radius 3 is 2.19 bits per heavy atom. The summed E-state index contributed by atoms with van der Waals surface area (Å²) < 4.78 is 5.02. The van der Waals surface area contributed by atoms with Crippen molar-refractivity contribution in [2.45, 2.75) is 45.4 Å². The molecule has 6 aromatic carbocycles. The average Bonchev–Trinajstić information content (AvgIpc) is 3.75. The molecule has 2 nitrogen and oxygen atoms in total. The fraction of sp³-hybridized carbons (Fsp3) is 0.176. The molecule has 3 unspecified atom stereocenters. The number of benzene rings is 6. The largest absolute Gasteiger partial charge is 0.313 e.